The summed E-state index contributed by atoms with van der Waals surface area (Å²) in [5.74, 6) is 0.748. The molecule has 0 N–H and O–H groups in total. The average Bonchev–Trinajstić information content (AvgIpc) is 2.70. The average molecular weight is 372 g/mol. The van der Waals surface area contributed by atoms with Crippen LogP contribution in [0.3, 0.4) is 0 Å². The molecule has 6 nitrogen and oxygen atoms in total. The van der Waals surface area contributed by atoms with Crippen LogP contribution >= 0.6 is 0 Å². The number of hydrogen-bond acceptors (Lipinski definition) is 6. The SMILES string of the molecule is CCOC(=O)c1ccccc1C=Cc1ccc(OCOC)c(OCOC)c1. The van der Waals surface area contributed by atoms with Crippen molar-refractivity contribution in [2.75, 3.05) is 34.4 Å². The molecule has 0 aliphatic rings. The molecule has 2 aromatic carbocycles. The standard InChI is InChI=1S/C21H24O6/c1-4-25-21(22)18-8-6-5-7-17(18)11-9-16-10-12-19(26-14-23-2)20(13-16)27-15-24-3/h5-13H,4,14-15H2,1-3H3. The molecule has 2 aromatic rings. The van der Waals surface area contributed by atoms with Crippen LogP contribution in [0.2, 0.25) is 0 Å². The van der Waals surface area contributed by atoms with E-state index in [1.807, 2.05) is 42.5 Å². The molecular formula is C21H24O6. The molecular weight excluding hydrogens is 348 g/mol. The van der Waals surface area contributed by atoms with E-state index in [1.54, 1.807) is 33.3 Å². The molecule has 0 aliphatic carbocycles. The summed E-state index contributed by atoms with van der Waals surface area (Å²) in [6.45, 7) is 2.33. The Kier molecular flexibility index (Phi) is 8.35. The molecule has 0 amide bonds. The van der Waals surface area contributed by atoms with Gasteiger partial charge in [-0.05, 0) is 36.2 Å². The zero-order valence-electron chi connectivity index (χ0n) is 15.8. The van der Waals surface area contributed by atoms with Gasteiger partial charge in [-0.3, -0.25) is 0 Å². The summed E-state index contributed by atoms with van der Waals surface area (Å²) in [6.07, 6.45) is 3.75. The highest BCUT2D eigenvalue weighted by Crippen LogP contribution is 2.29. The highest BCUT2D eigenvalue weighted by atomic mass is 16.7. The quantitative estimate of drug-likeness (QED) is 0.357. The number of carbonyl (C=O) groups is 1. The number of benzene rings is 2. The molecule has 0 atom stereocenters. The fraction of sp³-hybridized carbons (Fsp3) is 0.286. The van der Waals surface area contributed by atoms with Crippen LogP contribution in [0.5, 0.6) is 11.5 Å². The van der Waals surface area contributed by atoms with Gasteiger partial charge in [0.1, 0.15) is 0 Å². The van der Waals surface area contributed by atoms with E-state index in [4.69, 9.17) is 23.7 Å². The summed E-state index contributed by atoms with van der Waals surface area (Å²) < 4.78 is 26.0. The molecule has 27 heavy (non-hydrogen) atoms. The Balaban J connectivity index is 2.25. The van der Waals surface area contributed by atoms with Crippen molar-refractivity contribution >= 4 is 18.1 Å². The molecule has 2 rings (SSSR count). The molecule has 144 valence electrons. The molecule has 0 saturated carbocycles. The summed E-state index contributed by atoms with van der Waals surface area (Å²) in [6, 6.07) is 12.8. The van der Waals surface area contributed by atoms with E-state index < -0.39 is 0 Å². The minimum absolute atomic E-state index is 0.0994. The van der Waals surface area contributed by atoms with Gasteiger partial charge in [-0.1, -0.05) is 36.4 Å². The summed E-state index contributed by atoms with van der Waals surface area (Å²) in [4.78, 5) is 12.1. The van der Waals surface area contributed by atoms with Crippen molar-refractivity contribution in [2.24, 2.45) is 0 Å². The molecule has 0 unspecified atom stereocenters. The first-order valence-corrected chi connectivity index (χ1v) is 8.51. The van der Waals surface area contributed by atoms with Gasteiger partial charge in [-0.15, -0.1) is 0 Å². The van der Waals surface area contributed by atoms with Crippen molar-refractivity contribution in [3.05, 3.63) is 59.2 Å². The van der Waals surface area contributed by atoms with Gasteiger partial charge in [-0.2, -0.15) is 0 Å². The highest BCUT2D eigenvalue weighted by molar-refractivity contribution is 5.94. The summed E-state index contributed by atoms with van der Waals surface area (Å²) in [5, 5.41) is 0. The largest absolute Gasteiger partial charge is 0.464 e. The third-order valence-corrected chi connectivity index (χ3v) is 3.54. The van der Waals surface area contributed by atoms with Crippen molar-refractivity contribution in [1.29, 1.82) is 0 Å². The second-order valence-corrected chi connectivity index (χ2v) is 5.45. The van der Waals surface area contributed by atoms with Crippen LogP contribution in [-0.2, 0) is 14.2 Å². The van der Waals surface area contributed by atoms with Gasteiger partial charge in [0, 0.05) is 14.2 Å². The summed E-state index contributed by atoms with van der Waals surface area (Å²) >= 11 is 0. The van der Waals surface area contributed by atoms with Crippen LogP contribution in [0, 0.1) is 0 Å². The first-order valence-electron chi connectivity index (χ1n) is 8.51. The number of ether oxygens (including phenoxy) is 5. The van der Waals surface area contributed by atoms with E-state index in [9.17, 15) is 4.79 Å². The van der Waals surface area contributed by atoms with Gasteiger partial charge in [0.05, 0.1) is 12.2 Å². The van der Waals surface area contributed by atoms with E-state index >= 15 is 0 Å². The Hall–Kier alpha value is -2.83. The number of esters is 1. The van der Waals surface area contributed by atoms with Crippen molar-refractivity contribution < 1.29 is 28.5 Å². The Morgan fingerprint density at radius 2 is 1.63 bits per heavy atom. The van der Waals surface area contributed by atoms with Crippen LogP contribution in [0.4, 0.5) is 0 Å². The lowest BCUT2D eigenvalue weighted by Crippen LogP contribution is -2.06. The predicted molar refractivity (Wildman–Crippen MR) is 103 cm³/mol. The van der Waals surface area contributed by atoms with Crippen LogP contribution in [0.25, 0.3) is 12.2 Å². The topological polar surface area (TPSA) is 63.2 Å². The Morgan fingerprint density at radius 3 is 2.33 bits per heavy atom. The maximum atomic E-state index is 12.1. The molecule has 0 radical (unpaired) electrons. The van der Waals surface area contributed by atoms with Crippen LogP contribution < -0.4 is 9.47 Å². The minimum atomic E-state index is -0.342. The summed E-state index contributed by atoms with van der Waals surface area (Å²) in [5.41, 5.74) is 2.17. The van der Waals surface area contributed by atoms with Crippen molar-refractivity contribution in [1.82, 2.24) is 0 Å². The zero-order valence-corrected chi connectivity index (χ0v) is 15.8. The molecule has 0 bridgehead atoms. The zero-order chi connectivity index (χ0) is 19.5. The second-order valence-electron chi connectivity index (χ2n) is 5.45. The van der Waals surface area contributed by atoms with Gasteiger partial charge in [0.15, 0.2) is 25.1 Å². The van der Waals surface area contributed by atoms with Gasteiger partial charge in [0.25, 0.3) is 0 Å². The minimum Gasteiger partial charge on any atom is -0.464 e. The normalized spacial score (nSPS) is 10.8. The molecule has 6 heteroatoms. The smallest absolute Gasteiger partial charge is 0.338 e. The van der Waals surface area contributed by atoms with Crippen molar-refractivity contribution in [3.8, 4) is 11.5 Å². The van der Waals surface area contributed by atoms with Crippen LogP contribution in [0.1, 0.15) is 28.4 Å². The fourth-order valence-corrected chi connectivity index (χ4v) is 2.33. The Morgan fingerprint density at radius 1 is 0.926 bits per heavy atom. The highest BCUT2D eigenvalue weighted by Gasteiger charge is 2.10. The molecule has 0 spiro atoms. The van der Waals surface area contributed by atoms with E-state index in [2.05, 4.69) is 0 Å². The van der Waals surface area contributed by atoms with Gasteiger partial charge >= 0.3 is 5.97 Å². The van der Waals surface area contributed by atoms with Gasteiger partial charge in [-0.25, -0.2) is 4.79 Å². The van der Waals surface area contributed by atoms with Gasteiger partial charge in [0.2, 0.25) is 0 Å². The second kappa shape index (κ2) is 11.0. The first-order chi connectivity index (χ1) is 13.2. The van der Waals surface area contributed by atoms with E-state index in [0.29, 0.717) is 23.7 Å². The number of hydrogen-bond donors (Lipinski definition) is 0. The predicted octanol–water partition coefficient (Wildman–Crippen LogP) is 4.00. The lowest BCUT2D eigenvalue weighted by Gasteiger charge is -2.12. The van der Waals surface area contributed by atoms with Crippen molar-refractivity contribution in [2.45, 2.75) is 6.92 Å². The monoisotopic (exact) mass is 372 g/mol. The maximum absolute atomic E-state index is 12.1. The molecule has 0 fully saturated rings. The third kappa shape index (κ3) is 6.13. The van der Waals surface area contributed by atoms with Gasteiger partial charge < -0.3 is 23.7 Å². The molecule has 0 heterocycles. The number of methoxy groups -OCH3 is 2. The maximum Gasteiger partial charge on any atom is 0.338 e. The van der Waals surface area contributed by atoms with Crippen molar-refractivity contribution in [3.63, 3.8) is 0 Å². The fourth-order valence-electron chi connectivity index (χ4n) is 2.33. The van der Waals surface area contributed by atoms with Crippen LogP contribution in [0.15, 0.2) is 42.5 Å². The third-order valence-electron chi connectivity index (χ3n) is 3.54. The Bertz CT molecular complexity index is 769. The van der Waals surface area contributed by atoms with Crippen LogP contribution in [-0.4, -0.2) is 40.4 Å². The van der Waals surface area contributed by atoms with E-state index in [0.717, 1.165) is 11.1 Å². The van der Waals surface area contributed by atoms with E-state index in [1.165, 1.54) is 0 Å². The van der Waals surface area contributed by atoms with E-state index in [-0.39, 0.29) is 19.6 Å². The lowest BCUT2D eigenvalue weighted by molar-refractivity contribution is 0.0322. The molecule has 0 aromatic heterocycles. The summed E-state index contributed by atoms with van der Waals surface area (Å²) in [7, 11) is 3.10. The molecule has 0 aliphatic heterocycles. The first kappa shape index (κ1) is 20.5. The number of rotatable bonds is 10. The number of carbonyl (C=O) groups excluding carboxylic acids is 1. The Labute approximate surface area is 159 Å². The lowest BCUT2D eigenvalue weighted by atomic mass is 10.1. The molecule has 0 saturated heterocycles.